The maximum absolute atomic E-state index is 16.1. The van der Waals surface area contributed by atoms with E-state index in [9.17, 15) is 5.48 Å². The Balaban J connectivity index is 0.00000792. The Hall–Kier alpha value is -6.85. The number of rotatable bonds is 13. The zero-order valence-electron chi connectivity index (χ0n) is 50.7. The van der Waals surface area contributed by atoms with E-state index in [0.29, 0.717) is 5.39 Å². The van der Waals surface area contributed by atoms with Crippen molar-refractivity contribution < 1.29 is 42.6 Å². The number of fused-ring (bicyclic) bond motifs is 3. The molecular formula is C65H57FIrN3O. The first kappa shape index (κ1) is 37.9. The van der Waals surface area contributed by atoms with Crippen molar-refractivity contribution in [1.29, 1.82) is 0 Å². The quantitative estimate of drug-likeness (QED) is 0.108. The second-order valence-electron chi connectivity index (χ2n) is 19.8. The molecule has 4 heterocycles. The molecule has 6 heteroatoms. The summed E-state index contributed by atoms with van der Waals surface area (Å²) in [6, 6.07) is 42.4. The van der Waals surface area contributed by atoms with E-state index in [1.54, 1.807) is 24.3 Å². The topological polar surface area (TPSA) is 51.8 Å². The second-order valence-corrected chi connectivity index (χ2v) is 19.8. The van der Waals surface area contributed by atoms with Gasteiger partial charge in [-0.15, -0.1) is 90.0 Å². The summed E-state index contributed by atoms with van der Waals surface area (Å²) in [4.78, 5) is 14.4. The Labute approximate surface area is 445 Å². The molecule has 0 aliphatic rings. The van der Waals surface area contributed by atoms with Crippen LogP contribution in [0.15, 0.2) is 181 Å². The standard InChI is InChI=1S/C65H57FN3O.Ir/c1-62(2,48-30-35-56(68-41-48)45-19-12-9-13-20-45)64(5,6)50-37-44(38-51(39-50)65(7,8)63(3,4)49-31-36-57(69-42-49)46-21-14-10-15-22-46)28-27-43-29-34-58(67-40-43)54-26-18-25-52-53-32-33-55(66)59(61(53)70-60(52)54)47-23-16-11-17-24-47;/h9-19,21,23-25,29-42H,27-28H2,1-8H3;/q-3;+3/i11D,16D,17D,23D,24D,27D2,28D2,33D;. The van der Waals surface area contributed by atoms with Gasteiger partial charge in [-0.1, -0.05) is 151 Å². The van der Waals surface area contributed by atoms with Gasteiger partial charge < -0.3 is 19.4 Å². The molecule has 0 saturated heterocycles. The molecule has 71 heavy (non-hydrogen) atoms. The van der Waals surface area contributed by atoms with Gasteiger partial charge in [0.25, 0.3) is 0 Å². The fourth-order valence-corrected chi connectivity index (χ4v) is 9.08. The van der Waals surface area contributed by atoms with E-state index in [-0.39, 0.29) is 59.0 Å². The summed E-state index contributed by atoms with van der Waals surface area (Å²) in [5.74, 6) is -1.13. The van der Waals surface area contributed by atoms with Gasteiger partial charge in [0.05, 0.1) is 19.4 Å². The van der Waals surface area contributed by atoms with Crippen LogP contribution in [-0.4, -0.2) is 15.0 Å². The number of pyridine rings is 3. The first-order chi connectivity index (χ1) is 37.6. The first-order valence-corrected chi connectivity index (χ1v) is 23.3. The fraction of sp³-hybridized carbons (Fsp3) is 0.215. The summed E-state index contributed by atoms with van der Waals surface area (Å²) in [5.41, 5.74) is 3.86. The van der Waals surface area contributed by atoms with E-state index in [1.807, 2.05) is 73.1 Å². The Morgan fingerprint density at radius 3 is 1.58 bits per heavy atom. The van der Waals surface area contributed by atoms with Crippen molar-refractivity contribution in [1.82, 2.24) is 15.0 Å². The minimum Gasteiger partial charge on any atom is -0.500 e. The summed E-state index contributed by atoms with van der Waals surface area (Å²) >= 11 is 0. The Morgan fingerprint density at radius 1 is 0.521 bits per heavy atom. The number of furan rings is 1. The summed E-state index contributed by atoms with van der Waals surface area (Å²) in [6.45, 7) is 17.1. The normalized spacial score (nSPS) is 14.7. The van der Waals surface area contributed by atoms with Crippen LogP contribution in [0.2, 0.25) is 0 Å². The van der Waals surface area contributed by atoms with Crippen LogP contribution in [0.1, 0.15) is 102 Å². The molecule has 0 bridgehead atoms. The van der Waals surface area contributed by atoms with Crippen molar-refractivity contribution >= 4 is 21.9 Å². The molecule has 4 nitrogen and oxygen atoms in total. The van der Waals surface area contributed by atoms with Crippen molar-refractivity contribution in [2.75, 3.05) is 0 Å². The number of nitrogens with zero attached hydrogens (tertiary/aromatic N) is 3. The van der Waals surface area contributed by atoms with Gasteiger partial charge in [0.1, 0.15) is 11.4 Å². The molecule has 4 aromatic heterocycles. The van der Waals surface area contributed by atoms with Crippen LogP contribution in [0.25, 0.3) is 66.8 Å². The largest absolute Gasteiger partial charge is 3.00 e. The Morgan fingerprint density at radius 2 is 1.06 bits per heavy atom. The minimum atomic E-state index is -2.69. The molecule has 0 N–H and O–H groups in total. The van der Waals surface area contributed by atoms with E-state index in [0.717, 1.165) is 44.8 Å². The van der Waals surface area contributed by atoms with Crippen molar-refractivity contribution in [3.8, 4) is 44.9 Å². The van der Waals surface area contributed by atoms with Crippen molar-refractivity contribution in [3.63, 3.8) is 0 Å². The summed E-state index contributed by atoms with van der Waals surface area (Å²) in [7, 11) is 0. The van der Waals surface area contributed by atoms with Gasteiger partial charge in [-0.25, -0.2) is 4.39 Å². The summed E-state index contributed by atoms with van der Waals surface area (Å²) in [6.07, 6.45) is -0.312. The Kier molecular flexibility index (Phi) is 10.4. The first-order valence-electron chi connectivity index (χ1n) is 28.3. The van der Waals surface area contributed by atoms with Gasteiger partial charge in [-0.2, -0.15) is 0 Å². The predicted octanol–water partition coefficient (Wildman–Crippen LogP) is 16.3. The molecule has 0 saturated carbocycles. The van der Waals surface area contributed by atoms with Crippen molar-refractivity contribution in [2.45, 2.75) is 89.8 Å². The van der Waals surface area contributed by atoms with Crippen molar-refractivity contribution in [2.24, 2.45) is 0 Å². The van der Waals surface area contributed by atoms with Gasteiger partial charge in [0.15, 0.2) is 0 Å². The fourth-order valence-electron chi connectivity index (χ4n) is 9.08. The summed E-state index contributed by atoms with van der Waals surface area (Å²) < 4.78 is 112. The Bertz CT molecular complexity index is 3860. The molecule has 0 aliphatic heterocycles. The smallest absolute Gasteiger partial charge is 0.500 e. The van der Waals surface area contributed by atoms with E-state index >= 15 is 4.39 Å². The predicted molar refractivity (Wildman–Crippen MR) is 284 cm³/mol. The molecule has 0 radical (unpaired) electrons. The van der Waals surface area contributed by atoms with Crippen LogP contribution in [0.4, 0.5) is 4.39 Å². The average Bonchev–Trinajstić information content (AvgIpc) is 3.83. The molecule has 6 aromatic carbocycles. The number of benzene rings is 6. The molecule has 0 unspecified atom stereocenters. The van der Waals surface area contributed by atoms with E-state index in [1.165, 1.54) is 24.4 Å². The zero-order chi connectivity index (χ0) is 57.6. The third kappa shape index (κ3) is 9.09. The molecule has 354 valence electrons. The number of halogens is 1. The van der Waals surface area contributed by atoms with Crippen LogP contribution >= 0.6 is 0 Å². The maximum atomic E-state index is 16.1. The SMILES string of the molecule is [2H]c1cc2c(oc3c(-c4ccc(C([2H])([2H])C([2H])([2H])c5cc(C(C)(C)C(C)(C)c6ccc(-c7[c-]cccc7)nc6)cc(C(C)(C)C(C)(C)c6ccc(-c7[c-]cccc7)nc6)c5)cn4)[c-]ccc32)c(-c2c([2H])c([2H])c([2H])c([2H])c2[2H])c1F.[Ir+3]. The maximum Gasteiger partial charge on any atom is 3.00 e. The van der Waals surface area contributed by atoms with E-state index in [2.05, 4.69) is 96.8 Å². The van der Waals surface area contributed by atoms with Crippen LogP contribution in [-0.2, 0) is 54.5 Å². The van der Waals surface area contributed by atoms with Gasteiger partial charge in [-0.3, -0.25) is 0 Å². The van der Waals surface area contributed by atoms with Crippen LogP contribution in [0.3, 0.4) is 0 Å². The van der Waals surface area contributed by atoms with E-state index in [4.69, 9.17) is 22.6 Å². The number of aryl methyl sites for hydroxylation is 2. The minimum absolute atomic E-state index is 0. The molecule has 0 aliphatic carbocycles. The van der Waals surface area contributed by atoms with Crippen LogP contribution < -0.4 is 0 Å². The van der Waals surface area contributed by atoms with Gasteiger partial charge in [0, 0.05) is 40.3 Å². The third-order valence-electron chi connectivity index (χ3n) is 15.0. The van der Waals surface area contributed by atoms with Gasteiger partial charge >= 0.3 is 20.1 Å². The molecule has 0 amide bonds. The molecule has 10 aromatic rings. The average molecular weight is 1120 g/mol. The number of hydrogen-bond donors (Lipinski definition) is 0. The number of hydrogen-bond acceptors (Lipinski definition) is 4. The van der Waals surface area contributed by atoms with Gasteiger partial charge in [-0.05, 0) is 91.7 Å². The van der Waals surface area contributed by atoms with Gasteiger partial charge in [0.2, 0.25) is 0 Å². The zero-order valence-corrected chi connectivity index (χ0v) is 43.1. The molecule has 10 rings (SSSR count). The van der Waals surface area contributed by atoms with Crippen LogP contribution in [0, 0.1) is 24.0 Å². The molecular weight excluding hydrogens is 1050 g/mol. The van der Waals surface area contributed by atoms with Crippen LogP contribution in [0.5, 0.6) is 0 Å². The molecule has 0 fully saturated rings. The number of aromatic nitrogens is 3. The molecule has 0 atom stereocenters. The van der Waals surface area contributed by atoms with E-state index < -0.39 is 87.6 Å². The second kappa shape index (κ2) is 19.4. The third-order valence-corrected chi connectivity index (χ3v) is 15.0. The van der Waals surface area contributed by atoms with Crippen molar-refractivity contribution in [3.05, 3.63) is 234 Å². The monoisotopic (exact) mass is 1120 g/mol. The molecule has 0 spiro atoms. The summed E-state index contributed by atoms with van der Waals surface area (Å²) in [5, 5.41) is 0.650.